The first-order valence-electron chi connectivity index (χ1n) is 6.15. The van der Waals surface area contributed by atoms with Crippen LogP contribution in [0.2, 0.25) is 0 Å². The summed E-state index contributed by atoms with van der Waals surface area (Å²) in [5, 5.41) is 6.79. The van der Waals surface area contributed by atoms with Gasteiger partial charge in [-0.05, 0) is 60.5 Å². The number of rotatable bonds is 8. The summed E-state index contributed by atoms with van der Waals surface area (Å²) < 4.78 is 0. The van der Waals surface area contributed by atoms with Crippen LogP contribution in [0.4, 0.5) is 0 Å². The van der Waals surface area contributed by atoms with Crippen LogP contribution in [0.25, 0.3) is 0 Å². The van der Waals surface area contributed by atoms with Crippen molar-refractivity contribution in [1.82, 2.24) is 10.6 Å². The molecule has 0 heterocycles. The van der Waals surface area contributed by atoms with Crippen molar-refractivity contribution in [2.24, 2.45) is 11.5 Å². The molecule has 0 aliphatic carbocycles. The third-order valence-electron chi connectivity index (χ3n) is 2.44. The summed E-state index contributed by atoms with van der Waals surface area (Å²) in [6, 6.07) is 0. The first kappa shape index (κ1) is 15.8. The molecule has 6 N–H and O–H groups in total. The van der Waals surface area contributed by atoms with Crippen LogP contribution in [-0.2, 0) is 0 Å². The number of hydrogen-bond acceptors (Lipinski definition) is 4. The molecule has 0 bridgehead atoms. The molecule has 0 atom stereocenters. The minimum Gasteiger partial charge on any atom is -0.326 e. The highest BCUT2D eigenvalue weighted by molar-refractivity contribution is 4.75. The van der Waals surface area contributed by atoms with Crippen LogP contribution in [0.5, 0.6) is 0 Å². The Hall–Kier alpha value is -0.160. The van der Waals surface area contributed by atoms with Gasteiger partial charge in [-0.15, -0.1) is 0 Å². The summed E-state index contributed by atoms with van der Waals surface area (Å²) in [5.74, 6) is 0. The van der Waals surface area contributed by atoms with Gasteiger partial charge in [-0.3, -0.25) is 0 Å². The number of nitrogens with one attached hydrogen (secondary N) is 2. The van der Waals surface area contributed by atoms with Gasteiger partial charge in [0.15, 0.2) is 0 Å². The molecular weight excluding hydrogens is 200 g/mol. The maximum absolute atomic E-state index is 5.90. The summed E-state index contributed by atoms with van der Waals surface area (Å²) in [6.45, 7) is 12.2. The van der Waals surface area contributed by atoms with Gasteiger partial charge < -0.3 is 22.1 Å². The molecule has 0 fully saturated rings. The summed E-state index contributed by atoms with van der Waals surface area (Å²) in [4.78, 5) is 0. The van der Waals surface area contributed by atoms with Crippen molar-refractivity contribution in [1.29, 1.82) is 0 Å². The lowest BCUT2D eigenvalue weighted by atomic mass is 10.0. The van der Waals surface area contributed by atoms with Gasteiger partial charge in [0.2, 0.25) is 0 Å². The molecule has 0 unspecified atom stereocenters. The van der Waals surface area contributed by atoms with E-state index in [2.05, 4.69) is 17.6 Å². The average molecular weight is 230 g/mol. The first-order valence-corrected chi connectivity index (χ1v) is 6.15. The van der Waals surface area contributed by atoms with Gasteiger partial charge in [-0.25, -0.2) is 0 Å². The van der Waals surface area contributed by atoms with Crippen LogP contribution in [0.1, 0.15) is 47.5 Å². The number of nitrogens with two attached hydrogens (primary N) is 2. The van der Waals surface area contributed by atoms with Gasteiger partial charge in [0.1, 0.15) is 0 Å². The molecule has 0 spiro atoms. The van der Waals surface area contributed by atoms with E-state index in [1.54, 1.807) is 0 Å². The third kappa shape index (κ3) is 11.9. The Morgan fingerprint density at radius 2 is 1.19 bits per heavy atom. The maximum atomic E-state index is 5.90. The van der Waals surface area contributed by atoms with E-state index in [1.807, 2.05) is 27.7 Å². The van der Waals surface area contributed by atoms with E-state index in [0.29, 0.717) is 6.17 Å². The summed E-state index contributed by atoms with van der Waals surface area (Å²) in [6.07, 6.45) is 2.26. The van der Waals surface area contributed by atoms with E-state index in [4.69, 9.17) is 11.5 Å². The first-order chi connectivity index (χ1) is 7.10. The molecule has 0 aromatic rings. The maximum Gasteiger partial charge on any atom is 0.0542 e. The van der Waals surface area contributed by atoms with Crippen LogP contribution >= 0.6 is 0 Å². The van der Waals surface area contributed by atoms with Gasteiger partial charge in [-0.1, -0.05) is 0 Å². The highest BCUT2D eigenvalue weighted by Crippen LogP contribution is 2.02. The highest BCUT2D eigenvalue weighted by atomic mass is 15.1. The van der Waals surface area contributed by atoms with Gasteiger partial charge in [0, 0.05) is 11.1 Å². The van der Waals surface area contributed by atoms with Crippen molar-refractivity contribution in [2.75, 3.05) is 13.1 Å². The van der Waals surface area contributed by atoms with E-state index in [-0.39, 0.29) is 11.1 Å². The Bertz CT molecular complexity index is 158. The Kier molecular flexibility index (Phi) is 6.48. The van der Waals surface area contributed by atoms with Crippen LogP contribution in [0.3, 0.4) is 0 Å². The molecule has 98 valence electrons. The van der Waals surface area contributed by atoms with E-state index < -0.39 is 0 Å². The zero-order valence-corrected chi connectivity index (χ0v) is 11.6. The fraction of sp³-hybridized carbons (Fsp3) is 1.00. The molecule has 0 rings (SSSR count). The Morgan fingerprint density at radius 1 is 0.875 bits per heavy atom. The lowest BCUT2D eigenvalue weighted by Gasteiger charge is -2.23. The second kappa shape index (κ2) is 6.55. The van der Waals surface area contributed by atoms with E-state index in [1.165, 1.54) is 0 Å². The number of hydrogen-bond donors (Lipinski definition) is 4. The lowest BCUT2D eigenvalue weighted by Crippen LogP contribution is -2.45. The topological polar surface area (TPSA) is 76.1 Å². The normalized spacial score (nSPS) is 13.5. The van der Waals surface area contributed by atoms with Crippen LogP contribution in [0.15, 0.2) is 0 Å². The Labute approximate surface area is 101 Å². The van der Waals surface area contributed by atoms with E-state index >= 15 is 0 Å². The van der Waals surface area contributed by atoms with Crippen LogP contribution < -0.4 is 22.1 Å². The molecule has 0 saturated heterocycles. The molecule has 4 nitrogen and oxygen atoms in total. The molecule has 0 amide bonds. The van der Waals surface area contributed by atoms with Crippen molar-refractivity contribution in [3.63, 3.8) is 0 Å². The summed E-state index contributed by atoms with van der Waals surface area (Å²) in [7, 11) is 0. The molecule has 0 aromatic carbocycles. The molecule has 0 aliphatic rings. The minimum atomic E-state index is -0.0913. The molecule has 16 heavy (non-hydrogen) atoms. The van der Waals surface area contributed by atoms with Gasteiger partial charge in [0.05, 0.1) is 6.17 Å². The molecule has 0 radical (unpaired) electrons. The predicted molar refractivity (Wildman–Crippen MR) is 71.2 cm³/mol. The SMILES string of the molecule is CC(NCCC(C)(C)N)NCCC(C)(C)N. The van der Waals surface area contributed by atoms with Gasteiger partial charge >= 0.3 is 0 Å². The van der Waals surface area contributed by atoms with Crippen molar-refractivity contribution < 1.29 is 0 Å². The Balaban J connectivity index is 3.49. The molecule has 0 aromatic heterocycles. The zero-order chi connectivity index (χ0) is 12.8. The van der Waals surface area contributed by atoms with E-state index in [0.717, 1.165) is 25.9 Å². The standard InChI is InChI=1S/C12H30N4/c1-10(15-8-6-11(2,3)13)16-9-7-12(4,5)14/h10,15-16H,6-9,13-14H2,1-5H3. The monoisotopic (exact) mass is 230 g/mol. The highest BCUT2D eigenvalue weighted by Gasteiger charge is 2.12. The van der Waals surface area contributed by atoms with Crippen LogP contribution in [0, 0.1) is 0 Å². The predicted octanol–water partition coefficient (Wildman–Crippen LogP) is 0.766. The molecule has 0 saturated carbocycles. The molecule has 0 aliphatic heterocycles. The lowest BCUT2D eigenvalue weighted by molar-refractivity contribution is 0.380. The third-order valence-corrected chi connectivity index (χ3v) is 2.44. The second-order valence-corrected chi connectivity index (χ2v) is 6.11. The fourth-order valence-electron chi connectivity index (χ4n) is 1.29. The zero-order valence-electron chi connectivity index (χ0n) is 11.6. The summed E-state index contributed by atoms with van der Waals surface area (Å²) >= 11 is 0. The van der Waals surface area contributed by atoms with Gasteiger partial charge in [-0.2, -0.15) is 0 Å². The smallest absolute Gasteiger partial charge is 0.0542 e. The average Bonchev–Trinajstić information content (AvgIpc) is 1.98. The molecular formula is C12H30N4. The van der Waals surface area contributed by atoms with Crippen molar-refractivity contribution in [2.45, 2.75) is 64.7 Å². The van der Waals surface area contributed by atoms with Crippen LogP contribution in [-0.4, -0.2) is 30.3 Å². The van der Waals surface area contributed by atoms with Gasteiger partial charge in [0.25, 0.3) is 0 Å². The summed E-state index contributed by atoms with van der Waals surface area (Å²) in [5.41, 5.74) is 11.6. The van der Waals surface area contributed by atoms with Crippen molar-refractivity contribution >= 4 is 0 Å². The van der Waals surface area contributed by atoms with E-state index in [9.17, 15) is 0 Å². The van der Waals surface area contributed by atoms with Crippen molar-refractivity contribution in [3.8, 4) is 0 Å². The molecule has 4 heteroatoms. The van der Waals surface area contributed by atoms with Crippen molar-refractivity contribution in [3.05, 3.63) is 0 Å². The largest absolute Gasteiger partial charge is 0.326 e. The Morgan fingerprint density at radius 3 is 1.44 bits per heavy atom. The fourth-order valence-corrected chi connectivity index (χ4v) is 1.29. The second-order valence-electron chi connectivity index (χ2n) is 6.11. The minimum absolute atomic E-state index is 0.0913. The quantitative estimate of drug-likeness (QED) is 0.465.